The number of halogens is 1. The SMILES string of the molecule is CCN(C)/C=N/c1cc(Br)c(OC2CCc3ccc(OC)cc3C2)nc1C. The van der Waals surface area contributed by atoms with Gasteiger partial charge in [0.15, 0.2) is 0 Å². The van der Waals surface area contributed by atoms with Crippen LogP contribution < -0.4 is 9.47 Å². The zero-order valence-electron chi connectivity index (χ0n) is 16.3. The molecule has 0 aliphatic heterocycles. The molecule has 0 saturated heterocycles. The van der Waals surface area contributed by atoms with Gasteiger partial charge in [-0.25, -0.2) is 9.98 Å². The third kappa shape index (κ3) is 4.80. The Labute approximate surface area is 169 Å². The van der Waals surface area contributed by atoms with E-state index in [0.717, 1.165) is 47.4 Å². The van der Waals surface area contributed by atoms with Crippen LogP contribution >= 0.6 is 15.9 Å². The zero-order chi connectivity index (χ0) is 19.4. The second-order valence-electron chi connectivity index (χ2n) is 6.81. The van der Waals surface area contributed by atoms with Gasteiger partial charge in [0, 0.05) is 20.0 Å². The molecule has 0 bridgehead atoms. The normalized spacial score (nSPS) is 16.3. The van der Waals surface area contributed by atoms with Crippen molar-refractivity contribution in [3.8, 4) is 11.6 Å². The molecule has 1 heterocycles. The van der Waals surface area contributed by atoms with Crippen molar-refractivity contribution in [2.45, 2.75) is 39.2 Å². The van der Waals surface area contributed by atoms with E-state index in [1.165, 1.54) is 11.1 Å². The van der Waals surface area contributed by atoms with Crippen LogP contribution in [0.2, 0.25) is 0 Å². The molecule has 5 nitrogen and oxygen atoms in total. The third-order valence-electron chi connectivity index (χ3n) is 4.88. The van der Waals surface area contributed by atoms with Crippen LogP contribution in [0.1, 0.15) is 30.2 Å². The van der Waals surface area contributed by atoms with E-state index in [9.17, 15) is 0 Å². The van der Waals surface area contributed by atoms with Crippen LogP contribution in [-0.4, -0.2) is 43.0 Å². The van der Waals surface area contributed by atoms with Gasteiger partial charge in [0.05, 0.1) is 29.3 Å². The van der Waals surface area contributed by atoms with Gasteiger partial charge in [-0.05, 0) is 71.9 Å². The minimum absolute atomic E-state index is 0.105. The van der Waals surface area contributed by atoms with Crippen LogP contribution in [0.25, 0.3) is 0 Å². The van der Waals surface area contributed by atoms with Gasteiger partial charge in [0.25, 0.3) is 0 Å². The van der Waals surface area contributed by atoms with Gasteiger partial charge in [-0.2, -0.15) is 0 Å². The molecule has 0 N–H and O–H groups in total. The summed E-state index contributed by atoms with van der Waals surface area (Å²) in [5.41, 5.74) is 4.37. The molecular weight excluding hydrogens is 406 g/mol. The van der Waals surface area contributed by atoms with Gasteiger partial charge in [-0.15, -0.1) is 0 Å². The summed E-state index contributed by atoms with van der Waals surface area (Å²) >= 11 is 3.59. The largest absolute Gasteiger partial charge is 0.497 e. The number of ether oxygens (including phenoxy) is 2. The lowest BCUT2D eigenvalue weighted by Crippen LogP contribution is -2.26. The molecule has 1 aromatic carbocycles. The summed E-state index contributed by atoms with van der Waals surface area (Å²) in [7, 11) is 3.69. The lowest BCUT2D eigenvalue weighted by atomic mass is 9.89. The second-order valence-corrected chi connectivity index (χ2v) is 7.67. The van der Waals surface area contributed by atoms with E-state index in [4.69, 9.17) is 9.47 Å². The Morgan fingerprint density at radius 3 is 2.89 bits per heavy atom. The number of rotatable bonds is 6. The highest BCUT2D eigenvalue weighted by atomic mass is 79.9. The number of aliphatic imine (C=N–C) groups is 1. The first-order chi connectivity index (χ1) is 13.0. The molecule has 1 aliphatic carbocycles. The molecule has 1 unspecified atom stereocenters. The van der Waals surface area contributed by atoms with Crippen LogP contribution in [-0.2, 0) is 12.8 Å². The number of pyridine rings is 1. The molecule has 6 heteroatoms. The molecule has 0 fully saturated rings. The van der Waals surface area contributed by atoms with Crippen LogP contribution in [0, 0.1) is 6.92 Å². The predicted molar refractivity (Wildman–Crippen MR) is 113 cm³/mol. The molecule has 1 atom stereocenters. The summed E-state index contributed by atoms with van der Waals surface area (Å²) in [6.07, 6.45) is 4.77. The molecule has 0 saturated carbocycles. The van der Waals surface area contributed by atoms with Crippen molar-refractivity contribution in [3.63, 3.8) is 0 Å². The Bertz CT molecular complexity index is 838. The fourth-order valence-electron chi connectivity index (χ4n) is 3.09. The summed E-state index contributed by atoms with van der Waals surface area (Å²) in [6, 6.07) is 8.26. The van der Waals surface area contributed by atoms with E-state index in [0.29, 0.717) is 5.88 Å². The summed E-state index contributed by atoms with van der Waals surface area (Å²) < 4.78 is 12.4. The molecule has 3 rings (SSSR count). The lowest BCUT2D eigenvalue weighted by Gasteiger charge is -2.26. The number of aromatic nitrogens is 1. The first kappa shape index (κ1) is 19.7. The molecule has 1 aromatic heterocycles. The Hall–Kier alpha value is -2.08. The van der Waals surface area contributed by atoms with Gasteiger partial charge >= 0.3 is 0 Å². The van der Waals surface area contributed by atoms with E-state index in [-0.39, 0.29) is 6.10 Å². The standard InChI is InChI=1S/C21H26BrN3O2/c1-5-25(3)13-23-20-12-19(22)21(24-14(20)2)27-18-9-7-15-6-8-17(26-4)10-16(15)11-18/h6,8,10,12-13,18H,5,7,9,11H2,1-4H3/b23-13+. The highest BCUT2D eigenvalue weighted by molar-refractivity contribution is 9.10. The number of hydrogen-bond donors (Lipinski definition) is 0. The first-order valence-electron chi connectivity index (χ1n) is 9.24. The number of methoxy groups -OCH3 is 1. The summed E-state index contributed by atoms with van der Waals surface area (Å²) in [5, 5.41) is 0. The Morgan fingerprint density at radius 2 is 2.15 bits per heavy atom. The molecule has 27 heavy (non-hydrogen) atoms. The maximum atomic E-state index is 6.24. The lowest BCUT2D eigenvalue weighted by molar-refractivity contribution is 0.175. The number of hydrogen-bond acceptors (Lipinski definition) is 4. The highest BCUT2D eigenvalue weighted by Crippen LogP contribution is 2.33. The second kappa shape index (κ2) is 8.74. The zero-order valence-corrected chi connectivity index (χ0v) is 17.9. The summed E-state index contributed by atoms with van der Waals surface area (Å²) in [5.74, 6) is 1.52. The molecule has 0 amide bonds. The Kier molecular flexibility index (Phi) is 6.37. The van der Waals surface area contributed by atoms with Crippen molar-refractivity contribution < 1.29 is 9.47 Å². The van der Waals surface area contributed by atoms with Crippen molar-refractivity contribution in [2.24, 2.45) is 4.99 Å². The number of nitrogens with zero attached hydrogens (tertiary/aromatic N) is 3. The quantitative estimate of drug-likeness (QED) is 0.490. The maximum Gasteiger partial charge on any atom is 0.228 e. The van der Waals surface area contributed by atoms with Gasteiger partial charge in [0.2, 0.25) is 5.88 Å². The minimum atomic E-state index is 0.105. The fraction of sp³-hybridized carbons (Fsp3) is 0.429. The van der Waals surface area contributed by atoms with Crippen LogP contribution in [0.4, 0.5) is 5.69 Å². The average Bonchev–Trinajstić information content (AvgIpc) is 2.68. The molecular formula is C21H26BrN3O2. The molecule has 144 valence electrons. The van der Waals surface area contributed by atoms with Crippen molar-refractivity contribution in [3.05, 3.63) is 45.6 Å². The molecule has 0 spiro atoms. The first-order valence-corrected chi connectivity index (χ1v) is 10.0. The van der Waals surface area contributed by atoms with E-state index in [1.54, 1.807) is 7.11 Å². The highest BCUT2D eigenvalue weighted by Gasteiger charge is 2.22. The van der Waals surface area contributed by atoms with Crippen LogP contribution in [0.15, 0.2) is 33.7 Å². The van der Waals surface area contributed by atoms with Crippen molar-refractivity contribution in [1.82, 2.24) is 9.88 Å². The third-order valence-corrected chi connectivity index (χ3v) is 5.44. The minimum Gasteiger partial charge on any atom is -0.497 e. The number of aryl methyl sites for hydroxylation is 2. The monoisotopic (exact) mass is 431 g/mol. The molecule has 2 aromatic rings. The molecule has 1 aliphatic rings. The fourth-order valence-corrected chi connectivity index (χ4v) is 3.49. The van der Waals surface area contributed by atoms with Crippen molar-refractivity contribution in [2.75, 3.05) is 20.7 Å². The van der Waals surface area contributed by atoms with E-state index >= 15 is 0 Å². The van der Waals surface area contributed by atoms with Crippen molar-refractivity contribution >= 4 is 28.0 Å². The Balaban J connectivity index is 1.74. The van der Waals surface area contributed by atoms with Gasteiger partial charge < -0.3 is 14.4 Å². The predicted octanol–water partition coefficient (Wildman–Crippen LogP) is 4.71. The van der Waals surface area contributed by atoms with Crippen LogP contribution in [0.5, 0.6) is 11.6 Å². The topological polar surface area (TPSA) is 47.0 Å². The van der Waals surface area contributed by atoms with E-state index in [2.05, 4.69) is 45.0 Å². The number of fused-ring (bicyclic) bond motifs is 1. The van der Waals surface area contributed by atoms with Gasteiger partial charge in [-0.3, -0.25) is 0 Å². The summed E-state index contributed by atoms with van der Waals surface area (Å²) in [4.78, 5) is 11.2. The Morgan fingerprint density at radius 1 is 1.33 bits per heavy atom. The van der Waals surface area contributed by atoms with E-state index < -0.39 is 0 Å². The maximum absolute atomic E-state index is 6.24. The molecule has 0 radical (unpaired) electrons. The van der Waals surface area contributed by atoms with Crippen LogP contribution in [0.3, 0.4) is 0 Å². The number of benzene rings is 1. The average molecular weight is 432 g/mol. The summed E-state index contributed by atoms with van der Waals surface area (Å²) in [6.45, 7) is 4.95. The smallest absolute Gasteiger partial charge is 0.228 e. The van der Waals surface area contributed by atoms with Gasteiger partial charge in [-0.1, -0.05) is 6.07 Å². The van der Waals surface area contributed by atoms with E-state index in [1.807, 2.05) is 37.3 Å². The van der Waals surface area contributed by atoms with Gasteiger partial charge in [0.1, 0.15) is 11.9 Å². The van der Waals surface area contributed by atoms with Crippen molar-refractivity contribution in [1.29, 1.82) is 0 Å².